The minimum atomic E-state index is -0.0142. The first-order chi connectivity index (χ1) is 5.79. The number of nitrogens with one attached hydrogen (secondary N) is 2. The maximum Gasteiger partial charge on any atom is 0.256 e. The molecule has 1 atom stereocenters. The molecule has 0 aromatic carbocycles. The summed E-state index contributed by atoms with van der Waals surface area (Å²) in [4.78, 5) is 18.0. The summed E-state index contributed by atoms with van der Waals surface area (Å²) in [6, 6.07) is 0. The van der Waals surface area contributed by atoms with Gasteiger partial charge in [0.1, 0.15) is 5.82 Å². The van der Waals surface area contributed by atoms with E-state index in [2.05, 4.69) is 22.2 Å². The Hall–Kier alpha value is -1.32. The van der Waals surface area contributed by atoms with Gasteiger partial charge in [-0.3, -0.25) is 4.79 Å². The minimum absolute atomic E-state index is 0.0142. The van der Waals surface area contributed by atoms with Crippen LogP contribution in [0.15, 0.2) is 11.1 Å². The Bertz CT molecular complexity index is 344. The fourth-order valence-corrected chi connectivity index (χ4v) is 1.56. The van der Waals surface area contributed by atoms with Crippen LogP contribution in [0.4, 0.5) is 5.82 Å². The summed E-state index contributed by atoms with van der Waals surface area (Å²) in [5.74, 6) is 1.07. The van der Waals surface area contributed by atoms with Gasteiger partial charge in [0, 0.05) is 6.54 Å². The molecule has 0 amide bonds. The lowest BCUT2D eigenvalue weighted by Crippen LogP contribution is -2.25. The topological polar surface area (TPSA) is 57.8 Å². The number of aromatic nitrogens is 2. The number of hydrogen-bond donors (Lipinski definition) is 2. The van der Waals surface area contributed by atoms with E-state index in [9.17, 15) is 4.79 Å². The minimum Gasteiger partial charge on any atom is -0.370 e. The maximum atomic E-state index is 11.3. The molecule has 64 valence electrons. The molecule has 1 aromatic heterocycles. The average Bonchev–Trinajstić information content (AvgIpc) is 2.04. The van der Waals surface area contributed by atoms with Gasteiger partial charge >= 0.3 is 0 Å². The van der Waals surface area contributed by atoms with Crippen LogP contribution >= 0.6 is 0 Å². The van der Waals surface area contributed by atoms with E-state index in [-0.39, 0.29) is 5.56 Å². The van der Waals surface area contributed by atoms with Crippen molar-refractivity contribution in [3.8, 4) is 0 Å². The van der Waals surface area contributed by atoms with Crippen molar-refractivity contribution >= 4 is 5.82 Å². The van der Waals surface area contributed by atoms with Crippen molar-refractivity contribution in [1.82, 2.24) is 9.97 Å². The maximum absolute atomic E-state index is 11.3. The van der Waals surface area contributed by atoms with Crippen molar-refractivity contribution in [1.29, 1.82) is 0 Å². The lowest BCUT2D eigenvalue weighted by atomic mass is 9.96. The summed E-state index contributed by atoms with van der Waals surface area (Å²) in [6.45, 7) is 2.96. The fraction of sp³-hybridized carbons (Fsp3) is 0.500. The van der Waals surface area contributed by atoms with E-state index in [1.807, 2.05) is 0 Å². The third-order valence-electron chi connectivity index (χ3n) is 2.25. The predicted molar refractivity (Wildman–Crippen MR) is 46.4 cm³/mol. The van der Waals surface area contributed by atoms with Crippen LogP contribution in [0.25, 0.3) is 0 Å². The molecule has 1 aliphatic heterocycles. The second-order valence-corrected chi connectivity index (χ2v) is 3.11. The van der Waals surface area contributed by atoms with Gasteiger partial charge < -0.3 is 10.3 Å². The van der Waals surface area contributed by atoms with Crippen LogP contribution < -0.4 is 10.9 Å². The molecule has 12 heavy (non-hydrogen) atoms. The molecule has 0 saturated carbocycles. The first-order valence-corrected chi connectivity index (χ1v) is 4.10. The highest BCUT2D eigenvalue weighted by atomic mass is 16.1. The molecule has 0 bridgehead atoms. The lowest BCUT2D eigenvalue weighted by Gasteiger charge is -2.20. The molecule has 2 heterocycles. The molecule has 2 rings (SSSR count). The van der Waals surface area contributed by atoms with Crippen molar-refractivity contribution in [3.05, 3.63) is 22.2 Å². The van der Waals surface area contributed by atoms with E-state index in [0.29, 0.717) is 5.92 Å². The van der Waals surface area contributed by atoms with E-state index in [1.54, 1.807) is 0 Å². The highest BCUT2D eigenvalue weighted by molar-refractivity contribution is 5.46. The van der Waals surface area contributed by atoms with Crippen LogP contribution in [0.2, 0.25) is 0 Å². The zero-order valence-corrected chi connectivity index (χ0v) is 6.92. The van der Waals surface area contributed by atoms with Crippen LogP contribution in [-0.4, -0.2) is 16.5 Å². The Morgan fingerprint density at radius 3 is 3.25 bits per heavy atom. The Labute approximate surface area is 70.0 Å². The lowest BCUT2D eigenvalue weighted by molar-refractivity contribution is 0.665. The number of nitrogens with zero attached hydrogens (tertiary/aromatic N) is 1. The highest BCUT2D eigenvalue weighted by Gasteiger charge is 2.19. The Balaban J connectivity index is 2.61. The summed E-state index contributed by atoms with van der Waals surface area (Å²) >= 11 is 0. The second kappa shape index (κ2) is 2.62. The smallest absolute Gasteiger partial charge is 0.256 e. The molecular formula is C8H11N3O. The molecule has 0 spiro atoms. The van der Waals surface area contributed by atoms with Gasteiger partial charge in [-0.15, -0.1) is 0 Å². The first kappa shape index (κ1) is 7.34. The van der Waals surface area contributed by atoms with Crippen LogP contribution in [0.1, 0.15) is 24.8 Å². The van der Waals surface area contributed by atoms with Gasteiger partial charge in [-0.25, -0.2) is 4.98 Å². The number of H-pyrrole nitrogens is 1. The molecule has 0 fully saturated rings. The molecule has 0 saturated heterocycles. The summed E-state index contributed by atoms with van der Waals surface area (Å²) in [7, 11) is 0. The summed E-state index contributed by atoms with van der Waals surface area (Å²) in [5.41, 5.74) is 0.781. The summed E-state index contributed by atoms with van der Waals surface area (Å²) in [5, 5.41) is 3.10. The van der Waals surface area contributed by atoms with Crippen LogP contribution in [0.3, 0.4) is 0 Å². The molecule has 1 aromatic rings. The van der Waals surface area contributed by atoms with Gasteiger partial charge in [0.05, 0.1) is 11.9 Å². The summed E-state index contributed by atoms with van der Waals surface area (Å²) in [6.07, 6.45) is 2.44. The number of hydrogen-bond acceptors (Lipinski definition) is 3. The monoisotopic (exact) mass is 165 g/mol. The highest BCUT2D eigenvalue weighted by Crippen LogP contribution is 2.25. The molecule has 4 nitrogen and oxygen atoms in total. The van der Waals surface area contributed by atoms with Gasteiger partial charge in [0.25, 0.3) is 5.56 Å². The molecule has 2 N–H and O–H groups in total. The summed E-state index contributed by atoms with van der Waals surface area (Å²) < 4.78 is 0. The van der Waals surface area contributed by atoms with Crippen molar-refractivity contribution in [3.63, 3.8) is 0 Å². The SMILES string of the molecule is CC1CCNc2nc[nH]c(=O)c21. The zero-order chi connectivity index (χ0) is 8.55. The molecule has 1 aliphatic rings. The van der Waals surface area contributed by atoms with Gasteiger partial charge in [0.2, 0.25) is 0 Å². The van der Waals surface area contributed by atoms with Crippen molar-refractivity contribution in [2.24, 2.45) is 0 Å². The Morgan fingerprint density at radius 1 is 1.67 bits per heavy atom. The predicted octanol–water partition coefficient (Wildman–Crippen LogP) is 0.689. The number of rotatable bonds is 0. The van der Waals surface area contributed by atoms with Gasteiger partial charge in [-0.05, 0) is 12.3 Å². The third kappa shape index (κ3) is 0.995. The molecular weight excluding hydrogens is 154 g/mol. The molecule has 0 aliphatic carbocycles. The normalized spacial score (nSPS) is 21.2. The van der Waals surface area contributed by atoms with E-state index in [4.69, 9.17) is 0 Å². The van der Waals surface area contributed by atoms with Crippen molar-refractivity contribution in [2.75, 3.05) is 11.9 Å². The van der Waals surface area contributed by atoms with E-state index >= 15 is 0 Å². The van der Waals surface area contributed by atoms with E-state index in [1.165, 1.54) is 6.33 Å². The van der Waals surface area contributed by atoms with E-state index in [0.717, 1.165) is 24.3 Å². The van der Waals surface area contributed by atoms with E-state index < -0.39 is 0 Å². The number of anilines is 1. The largest absolute Gasteiger partial charge is 0.370 e. The van der Waals surface area contributed by atoms with Crippen LogP contribution in [-0.2, 0) is 0 Å². The average molecular weight is 165 g/mol. The third-order valence-corrected chi connectivity index (χ3v) is 2.25. The molecule has 4 heteroatoms. The van der Waals surface area contributed by atoms with Gasteiger partial charge in [0.15, 0.2) is 0 Å². The number of aromatic amines is 1. The van der Waals surface area contributed by atoms with Gasteiger partial charge in [-0.1, -0.05) is 6.92 Å². The van der Waals surface area contributed by atoms with Gasteiger partial charge in [-0.2, -0.15) is 0 Å². The number of fused-ring (bicyclic) bond motifs is 1. The molecule has 1 unspecified atom stereocenters. The Morgan fingerprint density at radius 2 is 2.50 bits per heavy atom. The second-order valence-electron chi connectivity index (χ2n) is 3.11. The first-order valence-electron chi connectivity index (χ1n) is 4.10. The van der Waals surface area contributed by atoms with Crippen LogP contribution in [0, 0.1) is 0 Å². The fourth-order valence-electron chi connectivity index (χ4n) is 1.56. The zero-order valence-electron chi connectivity index (χ0n) is 6.92. The van der Waals surface area contributed by atoms with Crippen molar-refractivity contribution < 1.29 is 0 Å². The molecule has 0 radical (unpaired) electrons. The van der Waals surface area contributed by atoms with Crippen molar-refractivity contribution in [2.45, 2.75) is 19.3 Å². The quantitative estimate of drug-likeness (QED) is 0.594. The van der Waals surface area contributed by atoms with Crippen LogP contribution in [0.5, 0.6) is 0 Å². The standard InChI is InChI=1S/C8H11N3O/c1-5-2-3-9-7-6(5)8(12)11-4-10-7/h4-5H,2-3H2,1H3,(H2,9,10,11,12). The Kier molecular flexibility index (Phi) is 1.60.